The normalized spacial score (nSPS) is 12.3. The number of esters is 1. The van der Waals surface area contributed by atoms with Gasteiger partial charge in [-0.05, 0) is 50.5 Å². The third kappa shape index (κ3) is 4.44. The van der Waals surface area contributed by atoms with Gasteiger partial charge in [0.1, 0.15) is 0 Å². The molecule has 1 heterocycles. The maximum atomic E-state index is 13.5. The average Bonchev–Trinajstić information content (AvgIpc) is 2.96. The van der Waals surface area contributed by atoms with E-state index in [0.29, 0.717) is 13.2 Å². The van der Waals surface area contributed by atoms with Gasteiger partial charge in [0.2, 0.25) is 0 Å². The van der Waals surface area contributed by atoms with Crippen molar-refractivity contribution in [1.82, 2.24) is 9.13 Å². The highest BCUT2D eigenvalue weighted by molar-refractivity contribution is 5.77. The van der Waals surface area contributed by atoms with Crippen LogP contribution in [0, 0.1) is 13.8 Å². The van der Waals surface area contributed by atoms with E-state index in [2.05, 4.69) is 39.0 Å². The molecule has 0 saturated carbocycles. The fourth-order valence-corrected chi connectivity index (χ4v) is 3.95. The third-order valence-electron chi connectivity index (χ3n) is 5.40. The molecule has 1 atom stereocenters. The van der Waals surface area contributed by atoms with Gasteiger partial charge in [0.25, 0.3) is 0 Å². The Hall–Kier alpha value is -2.82. The smallest absolute Gasteiger partial charge is 0.329 e. The zero-order valence-corrected chi connectivity index (χ0v) is 17.8. The van der Waals surface area contributed by atoms with Crippen molar-refractivity contribution in [3.05, 3.63) is 69.6 Å². The Morgan fingerprint density at radius 1 is 1.07 bits per heavy atom. The van der Waals surface area contributed by atoms with Crippen molar-refractivity contribution < 1.29 is 9.53 Å². The topological polar surface area (TPSA) is 53.2 Å². The molecule has 0 aliphatic rings. The van der Waals surface area contributed by atoms with Crippen molar-refractivity contribution in [2.45, 2.75) is 59.5 Å². The molecule has 3 aromatic rings. The second-order valence-electron chi connectivity index (χ2n) is 7.61. The number of rotatable bonds is 8. The summed E-state index contributed by atoms with van der Waals surface area (Å²) >= 11 is 0. The molecule has 0 N–H and O–H groups in total. The number of imidazole rings is 1. The van der Waals surface area contributed by atoms with Crippen molar-refractivity contribution in [1.29, 1.82) is 0 Å². The third-order valence-corrected chi connectivity index (χ3v) is 5.40. The molecule has 5 heteroatoms. The first-order valence-corrected chi connectivity index (χ1v) is 10.4. The Labute approximate surface area is 171 Å². The average molecular weight is 395 g/mol. The highest BCUT2D eigenvalue weighted by Gasteiger charge is 2.23. The van der Waals surface area contributed by atoms with E-state index in [1.165, 1.54) is 5.56 Å². The predicted octanol–water partition coefficient (Wildman–Crippen LogP) is 4.76. The minimum absolute atomic E-state index is 0.0742. The number of hydrogen-bond donors (Lipinski definition) is 0. The molecular formula is C24H30N2O3. The van der Waals surface area contributed by atoms with Crippen LogP contribution in [0.15, 0.2) is 47.3 Å². The second kappa shape index (κ2) is 9.12. The Kier molecular flexibility index (Phi) is 6.57. The number of aryl methyl sites for hydroxylation is 2. The Morgan fingerprint density at radius 2 is 1.79 bits per heavy atom. The van der Waals surface area contributed by atoms with E-state index in [4.69, 9.17) is 4.74 Å². The number of ether oxygens (including phenoxy) is 1. The summed E-state index contributed by atoms with van der Waals surface area (Å²) < 4.78 is 8.78. The van der Waals surface area contributed by atoms with Gasteiger partial charge in [-0.15, -0.1) is 0 Å². The molecule has 0 saturated heterocycles. The Morgan fingerprint density at radius 3 is 2.48 bits per heavy atom. The molecule has 1 unspecified atom stereocenters. The second-order valence-corrected chi connectivity index (χ2v) is 7.61. The molecule has 0 aliphatic heterocycles. The number of nitrogens with zero attached hydrogens (tertiary/aromatic N) is 2. The highest BCUT2D eigenvalue weighted by atomic mass is 16.5. The van der Waals surface area contributed by atoms with Crippen LogP contribution in [0.4, 0.5) is 0 Å². The van der Waals surface area contributed by atoms with Gasteiger partial charge >= 0.3 is 11.7 Å². The molecule has 0 bridgehead atoms. The van der Waals surface area contributed by atoms with Crippen LogP contribution in [0.2, 0.25) is 0 Å². The van der Waals surface area contributed by atoms with Crippen molar-refractivity contribution in [2.24, 2.45) is 0 Å². The zero-order valence-electron chi connectivity index (χ0n) is 17.8. The molecular weight excluding hydrogens is 364 g/mol. The maximum absolute atomic E-state index is 13.5. The standard InChI is InChI=1S/C24H30N2O3/c1-5-9-20(15-23(27)29-6-2)26-22-11-8-7-10-21(22)25(24(26)28)16-19-14-17(3)12-13-18(19)4/h7-8,10-14,20H,5-6,9,15-16H2,1-4H3. The molecule has 154 valence electrons. The largest absolute Gasteiger partial charge is 0.466 e. The summed E-state index contributed by atoms with van der Waals surface area (Å²) in [6, 6.07) is 13.9. The molecule has 1 aromatic heterocycles. The van der Waals surface area contributed by atoms with E-state index in [1.54, 1.807) is 11.5 Å². The highest BCUT2D eigenvalue weighted by Crippen LogP contribution is 2.24. The number of carbonyl (C=O) groups is 1. The Bertz CT molecular complexity index is 1060. The van der Waals surface area contributed by atoms with Crippen molar-refractivity contribution >= 4 is 17.0 Å². The molecule has 5 nitrogen and oxygen atoms in total. The van der Waals surface area contributed by atoms with Gasteiger partial charge in [0.15, 0.2) is 0 Å². The molecule has 2 aromatic carbocycles. The van der Waals surface area contributed by atoms with E-state index < -0.39 is 0 Å². The number of hydrogen-bond acceptors (Lipinski definition) is 3. The van der Waals surface area contributed by atoms with E-state index >= 15 is 0 Å². The molecule has 0 amide bonds. The van der Waals surface area contributed by atoms with Gasteiger partial charge in [0, 0.05) is 6.04 Å². The van der Waals surface area contributed by atoms with Gasteiger partial charge in [-0.1, -0.05) is 49.2 Å². The van der Waals surface area contributed by atoms with Crippen molar-refractivity contribution in [3.8, 4) is 0 Å². The summed E-state index contributed by atoms with van der Waals surface area (Å²) in [7, 11) is 0. The van der Waals surface area contributed by atoms with Gasteiger partial charge in [-0.25, -0.2) is 4.79 Å². The SMILES string of the molecule is CCCC(CC(=O)OCC)n1c(=O)n(Cc2cc(C)ccc2C)c2ccccc21. The summed E-state index contributed by atoms with van der Waals surface area (Å²) in [5.74, 6) is -0.260. The van der Waals surface area contributed by atoms with Crippen LogP contribution in [0.1, 0.15) is 55.8 Å². The summed E-state index contributed by atoms with van der Waals surface area (Å²) in [5, 5.41) is 0. The molecule has 0 aliphatic carbocycles. The maximum Gasteiger partial charge on any atom is 0.329 e. The van der Waals surface area contributed by atoms with E-state index in [-0.39, 0.29) is 24.1 Å². The number of fused-ring (bicyclic) bond motifs is 1. The van der Waals surface area contributed by atoms with Crippen molar-refractivity contribution in [2.75, 3.05) is 6.61 Å². The summed E-state index contributed by atoms with van der Waals surface area (Å²) in [4.78, 5) is 25.7. The molecule has 3 rings (SSSR count). The minimum Gasteiger partial charge on any atom is -0.466 e. The number of benzene rings is 2. The van der Waals surface area contributed by atoms with Gasteiger partial charge in [-0.2, -0.15) is 0 Å². The molecule has 0 spiro atoms. The van der Waals surface area contributed by atoms with Gasteiger partial charge < -0.3 is 4.74 Å². The fraction of sp³-hybridized carbons (Fsp3) is 0.417. The lowest BCUT2D eigenvalue weighted by atomic mass is 10.1. The first-order valence-electron chi connectivity index (χ1n) is 10.4. The van der Waals surface area contributed by atoms with Crippen LogP contribution in [-0.4, -0.2) is 21.7 Å². The van der Waals surface area contributed by atoms with Crippen LogP contribution >= 0.6 is 0 Å². The predicted molar refractivity (Wildman–Crippen MR) is 116 cm³/mol. The van der Waals surface area contributed by atoms with Gasteiger partial charge in [-0.3, -0.25) is 13.9 Å². The van der Waals surface area contributed by atoms with Crippen LogP contribution in [-0.2, 0) is 16.1 Å². The lowest BCUT2D eigenvalue weighted by molar-refractivity contribution is -0.144. The van der Waals surface area contributed by atoms with Crippen LogP contribution in [0.5, 0.6) is 0 Å². The van der Waals surface area contributed by atoms with Crippen LogP contribution in [0.3, 0.4) is 0 Å². The van der Waals surface area contributed by atoms with Crippen molar-refractivity contribution in [3.63, 3.8) is 0 Å². The zero-order chi connectivity index (χ0) is 21.0. The monoisotopic (exact) mass is 394 g/mol. The molecule has 0 radical (unpaired) electrons. The Balaban J connectivity index is 2.11. The first kappa shape index (κ1) is 20.9. The number of aromatic nitrogens is 2. The van der Waals surface area contributed by atoms with Gasteiger partial charge in [0.05, 0.1) is 30.6 Å². The molecule has 29 heavy (non-hydrogen) atoms. The lowest BCUT2D eigenvalue weighted by Gasteiger charge is -2.17. The van der Waals surface area contributed by atoms with E-state index in [9.17, 15) is 9.59 Å². The summed E-state index contributed by atoms with van der Waals surface area (Å²) in [6.45, 7) is 8.86. The van der Waals surface area contributed by atoms with Crippen LogP contribution < -0.4 is 5.69 Å². The fourth-order valence-electron chi connectivity index (χ4n) is 3.95. The number of para-hydroxylation sites is 2. The minimum atomic E-state index is -0.260. The first-order chi connectivity index (χ1) is 14.0. The van der Waals surface area contributed by atoms with E-state index in [0.717, 1.165) is 35.0 Å². The van der Waals surface area contributed by atoms with E-state index in [1.807, 2.05) is 28.8 Å². The van der Waals surface area contributed by atoms with Crippen LogP contribution in [0.25, 0.3) is 11.0 Å². The number of carbonyl (C=O) groups excluding carboxylic acids is 1. The summed E-state index contributed by atoms with van der Waals surface area (Å²) in [6.07, 6.45) is 1.84. The lowest BCUT2D eigenvalue weighted by Crippen LogP contribution is -2.29. The summed E-state index contributed by atoms with van der Waals surface area (Å²) in [5.41, 5.74) is 5.15. The molecule has 0 fully saturated rings. The quantitative estimate of drug-likeness (QED) is 0.518.